The van der Waals surface area contributed by atoms with Crippen molar-refractivity contribution in [1.82, 2.24) is 4.90 Å². The second-order valence-corrected chi connectivity index (χ2v) is 6.84. The van der Waals surface area contributed by atoms with Crippen molar-refractivity contribution in [3.63, 3.8) is 0 Å². The number of hydrogen-bond acceptors (Lipinski definition) is 4. The van der Waals surface area contributed by atoms with Gasteiger partial charge in [0.2, 0.25) is 0 Å². The lowest BCUT2D eigenvalue weighted by Crippen LogP contribution is -2.30. The predicted octanol–water partition coefficient (Wildman–Crippen LogP) is 3.84. The summed E-state index contributed by atoms with van der Waals surface area (Å²) in [5.41, 5.74) is 2.05. The highest BCUT2D eigenvalue weighted by Gasteiger charge is 2.31. The van der Waals surface area contributed by atoms with Crippen LogP contribution in [0, 0.1) is 0 Å². The molecule has 1 aliphatic heterocycles. The predicted molar refractivity (Wildman–Crippen MR) is 98.1 cm³/mol. The summed E-state index contributed by atoms with van der Waals surface area (Å²) in [6.45, 7) is 0.585. The first kappa shape index (κ1) is 15.8. The highest BCUT2D eigenvalue weighted by atomic mass is 32.2. The summed E-state index contributed by atoms with van der Waals surface area (Å²) in [4.78, 5) is 14.8. The molecule has 0 spiro atoms. The Morgan fingerprint density at radius 2 is 1.78 bits per heavy atom. The largest absolute Gasteiger partial charge is 0.508 e. The molecule has 0 unspecified atom stereocenters. The SMILES string of the molecule is O=C1/C(=C\c2ccc(O)cc2)SC(=S)N1CCc1ccccc1. The van der Waals surface area contributed by atoms with Gasteiger partial charge >= 0.3 is 0 Å². The molecule has 1 heterocycles. The Hall–Kier alpha value is -2.11. The minimum atomic E-state index is -0.0518. The van der Waals surface area contributed by atoms with E-state index in [2.05, 4.69) is 0 Å². The van der Waals surface area contributed by atoms with Gasteiger partial charge in [0.05, 0.1) is 4.91 Å². The van der Waals surface area contributed by atoms with Gasteiger partial charge in [0, 0.05) is 6.54 Å². The fraction of sp³-hybridized carbons (Fsp3) is 0.111. The first-order chi connectivity index (χ1) is 11.1. The van der Waals surface area contributed by atoms with Gasteiger partial charge in [-0.25, -0.2) is 0 Å². The van der Waals surface area contributed by atoms with Gasteiger partial charge in [-0.1, -0.05) is 66.4 Å². The molecule has 1 saturated heterocycles. The lowest BCUT2D eigenvalue weighted by molar-refractivity contribution is -0.122. The van der Waals surface area contributed by atoms with E-state index in [0.717, 1.165) is 12.0 Å². The smallest absolute Gasteiger partial charge is 0.266 e. The molecule has 2 aromatic carbocycles. The van der Waals surface area contributed by atoms with Crippen molar-refractivity contribution in [2.75, 3.05) is 6.54 Å². The molecule has 3 rings (SSSR count). The summed E-state index contributed by atoms with van der Waals surface area (Å²) in [5, 5.41) is 9.31. The highest BCUT2D eigenvalue weighted by molar-refractivity contribution is 8.26. The van der Waals surface area contributed by atoms with Crippen LogP contribution in [0.2, 0.25) is 0 Å². The zero-order valence-electron chi connectivity index (χ0n) is 12.3. The normalized spacial score (nSPS) is 16.3. The number of rotatable bonds is 4. The van der Waals surface area contributed by atoms with E-state index in [9.17, 15) is 9.90 Å². The number of nitrogens with zero attached hydrogens (tertiary/aromatic N) is 1. The average Bonchev–Trinajstić information content (AvgIpc) is 2.82. The summed E-state index contributed by atoms with van der Waals surface area (Å²) in [6.07, 6.45) is 2.58. The molecular weight excluding hydrogens is 326 g/mol. The molecule has 0 saturated carbocycles. The molecule has 0 bridgehead atoms. The minimum Gasteiger partial charge on any atom is -0.508 e. The zero-order valence-corrected chi connectivity index (χ0v) is 13.9. The van der Waals surface area contributed by atoms with Crippen molar-refractivity contribution in [2.45, 2.75) is 6.42 Å². The minimum absolute atomic E-state index is 0.0518. The molecular formula is C18H15NO2S2. The number of aromatic hydroxyl groups is 1. The number of carbonyl (C=O) groups is 1. The van der Waals surface area contributed by atoms with Crippen LogP contribution < -0.4 is 0 Å². The first-order valence-electron chi connectivity index (χ1n) is 7.22. The van der Waals surface area contributed by atoms with Crippen LogP contribution >= 0.6 is 24.0 Å². The Labute approximate surface area is 144 Å². The summed E-state index contributed by atoms with van der Waals surface area (Å²) in [5.74, 6) is 0.154. The van der Waals surface area contributed by atoms with Gasteiger partial charge in [-0.15, -0.1) is 0 Å². The molecule has 0 aliphatic carbocycles. The number of carbonyl (C=O) groups excluding carboxylic acids is 1. The maximum absolute atomic E-state index is 12.5. The highest BCUT2D eigenvalue weighted by Crippen LogP contribution is 2.32. The zero-order chi connectivity index (χ0) is 16.2. The molecule has 2 aromatic rings. The number of phenolic OH excluding ortho intramolecular Hbond substituents is 1. The summed E-state index contributed by atoms with van der Waals surface area (Å²) >= 11 is 6.66. The van der Waals surface area contributed by atoms with E-state index in [1.54, 1.807) is 35.2 Å². The topological polar surface area (TPSA) is 40.5 Å². The Morgan fingerprint density at radius 1 is 1.09 bits per heavy atom. The van der Waals surface area contributed by atoms with Crippen LogP contribution in [-0.4, -0.2) is 26.8 Å². The Morgan fingerprint density at radius 3 is 2.48 bits per heavy atom. The van der Waals surface area contributed by atoms with Gasteiger partial charge in [-0.3, -0.25) is 9.69 Å². The monoisotopic (exact) mass is 341 g/mol. The van der Waals surface area contributed by atoms with Crippen LogP contribution in [0.1, 0.15) is 11.1 Å². The van der Waals surface area contributed by atoms with Gasteiger partial charge in [0.15, 0.2) is 0 Å². The number of thiocarbonyl (C=S) groups is 1. The van der Waals surface area contributed by atoms with Gasteiger partial charge in [-0.05, 0) is 35.8 Å². The van der Waals surface area contributed by atoms with Gasteiger partial charge in [0.1, 0.15) is 10.1 Å². The number of benzene rings is 2. The molecule has 1 fully saturated rings. The summed E-state index contributed by atoms with van der Waals surface area (Å²) in [6, 6.07) is 16.8. The van der Waals surface area contributed by atoms with Gasteiger partial charge < -0.3 is 5.11 Å². The van der Waals surface area contributed by atoms with Crippen LogP contribution in [0.3, 0.4) is 0 Å². The van der Waals surface area contributed by atoms with Crippen LogP contribution in [0.15, 0.2) is 59.5 Å². The standard InChI is InChI=1S/C18H15NO2S2/c20-15-8-6-14(7-9-15)12-16-17(21)19(18(22)23-16)11-10-13-4-2-1-3-5-13/h1-9,12,20H,10-11H2/b16-12+. The van der Waals surface area contributed by atoms with Crippen LogP contribution in [0.25, 0.3) is 6.08 Å². The number of thioether (sulfide) groups is 1. The summed E-state index contributed by atoms with van der Waals surface area (Å²) in [7, 11) is 0. The Balaban J connectivity index is 1.71. The summed E-state index contributed by atoms with van der Waals surface area (Å²) < 4.78 is 0.593. The van der Waals surface area contributed by atoms with Crippen molar-refractivity contribution in [3.05, 3.63) is 70.6 Å². The maximum Gasteiger partial charge on any atom is 0.266 e. The molecule has 1 amide bonds. The fourth-order valence-electron chi connectivity index (χ4n) is 2.30. The van der Waals surface area contributed by atoms with E-state index >= 15 is 0 Å². The van der Waals surface area contributed by atoms with Crippen LogP contribution in [-0.2, 0) is 11.2 Å². The van der Waals surface area contributed by atoms with E-state index in [1.807, 2.05) is 30.3 Å². The third-order valence-corrected chi connectivity index (χ3v) is 4.91. The van der Waals surface area contributed by atoms with Crippen molar-refractivity contribution in [3.8, 4) is 5.75 Å². The van der Waals surface area contributed by atoms with Crippen LogP contribution in [0.5, 0.6) is 5.75 Å². The lowest BCUT2D eigenvalue weighted by Gasteiger charge is -2.14. The van der Waals surface area contributed by atoms with Crippen molar-refractivity contribution in [1.29, 1.82) is 0 Å². The Bertz CT molecular complexity index is 754. The first-order valence-corrected chi connectivity index (χ1v) is 8.44. The Kier molecular flexibility index (Phi) is 4.79. The third-order valence-electron chi connectivity index (χ3n) is 3.53. The molecule has 116 valence electrons. The van der Waals surface area contributed by atoms with E-state index in [0.29, 0.717) is 15.8 Å². The fourth-order valence-corrected chi connectivity index (χ4v) is 3.61. The molecule has 1 N–H and O–H groups in total. The van der Waals surface area contributed by atoms with E-state index < -0.39 is 0 Å². The molecule has 0 atom stereocenters. The van der Waals surface area contributed by atoms with Crippen molar-refractivity contribution >= 4 is 40.3 Å². The van der Waals surface area contributed by atoms with Crippen LogP contribution in [0.4, 0.5) is 0 Å². The third kappa shape index (κ3) is 3.81. The van der Waals surface area contributed by atoms with Gasteiger partial charge in [0.25, 0.3) is 5.91 Å². The quantitative estimate of drug-likeness (QED) is 0.678. The molecule has 5 heteroatoms. The second-order valence-electron chi connectivity index (χ2n) is 5.16. The van der Waals surface area contributed by atoms with Crippen molar-refractivity contribution in [2.24, 2.45) is 0 Å². The molecule has 0 radical (unpaired) electrons. The molecule has 3 nitrogen and oxygen atoms in total. The number of phenols is 1. The average molecular weight is 341 g/mol. The second kappa shape index (κ2) is 6.98. The number of hydrogen-bond donors (Lipinski definition) is 1. The lowest BCUT2D eigenvalue weighted by atomic mass is 10.1. The maximum atomic E-state index is 12.5. The van der Waals surface area contributed by atoms with E-state index in [4.69, 9.17) is 12.2 Å². The van der Waals surface area contributed by atoms with E-state index in [-0.39, 0.29) is 11.7 Å². The molecule has 1 aliphatic rings. The number of amides is 1. The molecule has 0 aromatic heterocycles. The van der Waals surface area contributed by atoms with Gasteiger partial charge in [-0.2, -0.15) is 0 Å². The van der Waals surface area contributed by atoms with Crippen molar-refractivity contribution < 1.29 is 9.90 Å². The van der Waals surface area contributed by atoms with E-state index in [1.165, 1.54) is 17.3 Å². The molecule has 23 heavy (non-hydrogen) atoms.